The highest BCUT2D eigenvalue weighted by Gasteiger charge is 2.34. The topological polar surface area (TPSA) is 48.5 Å². The van der Waals surface area contributed by atoms with Crippen molar-refractivity contribution in [3.8, 4) is 56.7 Å². The van der Waals surface area contributed by atoms with Gasteiger partial charge in [0.15, 0.2) is 17.5 Å². The van der Waals surface area contributed by atoms with Gasteiger partial charge < -0.3 is 9.13 Å². The summed E-state index contributed by atoms with van der Waals surface area (Å²) in [5.74, 6) is 1.09. The van der Waals surface area contributed by atoms with Crippen molar-refractivity contribution in [3.05, 3.63) is 193 Å². The normalized spacial score (nSPS) is 12.7. The maximum atomic E-state index is 14.8. The fraction of sp³-hybridized carbons (Fsp3) is 0.0577. The van der Waals surface area contributed by atoms with Crippen molar-refractivity contribution in [2.24, 2.45) is 0 Å². The largest absolute Gasteiger partial charge is 0.417 e. The minimum Gasteiger partial charge on any atom is -0.310 e. The van der Waals surface area contributed by atoms with Crippen molar-refractivity contribution in [1.82, 2.24) is 24.1 Å². The van der Waals surface area contributed by atoms with Crippen molar-refractivity contribution in [3.63, 3.8) is 0 Å². The van der Waals surface area contributed by atoms with Crippen molar-refractivity contribution < 1.29 is 13.2 Å². The Morgan fingerprint density at radius 1 is 0.450 bits per heavy atom. The van der Waals surface area contributed by atoms with E-state index in [4.69, 9.17) is 15.0 Å². The van der Waals surface area contributed by atoms with Crippen LogP contribution in [0.2, 0.25) is 0 Å². The lowest BCUT2D eigenvalue weighted by Crippen LogP contribution is -2.08. The molecule has 1 aliphatic rings. The molecule has 0 spiro atoms. The molecule has 10 aromatic rings. The fourth-order valence-electron chi connectivity index (χ4n) is 8.83. The van der Waals surface area contributed by atoms with E-state index < -0.39 is 11.7 Å². The van der Waals surface area contributed by atoms with E-state index >= 15 is 0 Å². The van der Waals surface area contributed by atoms with Crippen LogP contribution >= 0.6 is 0 Å². The summed E-state index contributed by atoms with van der Waals surface area (Å²) in [4.78, 5) is 14.9. The van der Waals surface area contributed by atoms with Gasteiger partial charge in [-0.05, 0) is 78.1 Å². The summed E-state index contributed by atoms with van der Waals surface area (Å²) in [5, 5.41) is 3.37. The number of alkyl halides is 3. The summed E-state index contributed by atoms with van der Waals surface area (Å²) in [7, 11) is 0. The van der Waals surface area contributed by atoms with Crippen LogP contribution in [0.15, 0.2) is 176 Å². The summed E-state index contributed by atoms with van der Waals surface area (Å²) in [6.07, 6.45) is 1.84. The molecule has 0 fully saturated rings. The molecule has 8 heteroatoms. The van der Waals surface area contributed by atoms with Gasteiger partial charge >= 0.3 is 6.18 Å². The molecule has 0 saturated carbocycles. The highest BCUT2D eigenvalue weighted by Crippen LogP contribution is 2.43. The maximum absolute atomic E-state index is 14.8. The minimum atomic E-state index is -4.60. The van der Waals surface area contributed by atoms with Gasteiger partial charge in [-0.3, -0.25) is 0 Å². The van der Waals surface area contributed by atoms with Gasteiger partial charge in [0, 0.05) is 49.9 Å². The molecule has 288 valence electrons. The average molecular weight is 786 g/mol. The number of fused-ring (bicyclic) bond motifs is 6. The molecule has 0 saturated heterocycles. The Balaban J connectivity index is 1.20. The molecule has 3 aromatic heterocycles. The van der Waals surface area contributed by atoms with Crippen molar-refractivity contribution in [1.29, 1.82) is 0 Å². The van der Waals surface area contributed by atoms with Gasteiger partial charge in [-0.15, -0.1) is 0 Å². The molecule has 3 heterocycles. The number of hydrogen-bond donors (Lipinski definition) is 0. The van der Waals surface area contributed by atoms with Crippen LogP contribution in [0.1, 0.15) is 23.2 Å². The van der Waals surface area contributed by atoms with Gasteiger partial charge in [0.1, 0.15) is 0 Å². The van der Waals surface area contributed by atoms with Gasteiger partial charge in [-0.25, -0.2) is 15.0 Å². The zero-order valence-corrected chi connectivity index (χ0v) is 32.1. The number of rotatable bonds is 6. The number of allylic oxidation sites excluding steroid dienone is 1. The SMILES string of the molecule is FC(F)(F)c1ccccc1-c1ccc(-n2c3ccccc3c3ccc(-n4c5c(c6ccccc64)CCC=C5)cc32)cc1-c1nc(-c2ccccc2)nc(-c2ccccc2)n1. The third-order valence-corrected chi connectivity index (χ3v) is 11.5. The van der Waals surface area contributed by atoms with Gasteiger partial charge in [0.2, 0.25) is 0 Å². The van der Waals surface area contributed by atoms with Crippen molar-refractivity contribution in [2.75, 3.05) is 0 Å². The zero-order valence-electron chi connectivity index (χ0n) is 32.1. The van der Waals surface area contributed by atoms with Crippen molar-refractivity contribution in [2.45, 2.75) is 19.0 Å². The highest BCUT2D eigenvalue weighted by atomic mass is 19.4. The van der Waals surface area contributed by atoms with E-state index in [-0.39, 0.29) is 11.4 Å². The van der Waals surface area contributed by atoms with E-state index in [0.29, 0.717) is 22.8 Å². The second-order valence-corrected chi connectivity index (χ2v) is 15.0. The average Bonchev–Trinajstić information content (AvgIpc) is 3.81. The molecule has 1 aliphatic carbocycles. The number of hydrogen-bond acceptors (Lipinski definition) is 3. The van der Waals surface area contributed by atoms with E-state index in [0.717, 1.165) is 68.7 Å². The van der Waals surface area contributed by atoms with Crippen LogP contribution in [0.3, 0.4) is 0 Å². The smallest absolute Gasteiger partial charge is 0.310 e. The van der Waals surface area contributed by atoms with Crippen LogP contribution in [0.5, 0.6) is 0 Å². The minimum absolute atomic E-state index is 0.0382. The third kappa shape index (κ3) is 5.90. The number of aromatic nitrogens is 5. The molecule has 0 radical (unpaired) electrons. The van der Waals surface area contributed by atoms with Crippen LogP contribution in [0, 0.1) is 0 Å². The summed E-state index contributed by atoms with van der Waals surface area (Å²) < 4.78 is 48.9. The summed E-state index contributed by atoms with van der Waals surface area (Å²) in [6.45, 7) is 0. The van der Waals surface area contributed by atoms with Crippen molar-refractivity contribution >= 4 is 38.8 Å². The van der Waals surface area contributed by atoms with Crippen LogP contribution in [-0.4, -0.2) is 24.1 Å². The molecule has 0 atom stereocenters. The van der Waals surface area contributed by atoms with Gasteiger partial charge in [-0.1, -0.05) is 133 Å². The zero-order chi connectivity index (χ0) is 40.4. The molecule has 11 rings (SSSR count). The van der Waals surface area contributed by atoms with E-state index in [1.54, 1.807) is 12.1 Å². The standard InChI is InChI=1S/C52H34F3N5/c53-52(54,55)44-23-11-7-19-38(44)37-29-27-35(31-43(37)51-57-49(33-15-3-1-4-16-33)56-50(58-51)34-17-5-2-6-18-34)60-47-26-14-10-22-41(47)42-30-28-36(32-48(42)60)59-45-24-12-8-20-39(45)40-21-9-13-25-46(40)59/h1-8,10-20,22-32H,9,21H2. The number of para-hydroxylation sites is 2. The Kier molecular flexibility index (Phi) is 8.34. The third-order valence-electron chi connectivity index (χ3n) is 11.5. The number of benzene rings is 7. The Labute approximate surface area is 343 Å². The Morgan fingerprint density at radius 2 is 1.02 bits per heavy atom. The Morgan fingerprint density at radius 3 is 1.73 bits per heavy atom. The second kappa shape index (κ2) is 14.1. The van der Waals surface area contributed by atoms with Crippen LogP contribution in [0.4, 0.5) is 13.2 Å². The first-order chi connectivity index (χ1) is 29.4. The molecule has 0 unspecified atom stereocenters. The first-order valence-electron chi connectivity index (χ1n) is 19.9. The molecule has 0 aliphatic heterocycles. The van der Waals surface area contributed by atoms with E-state index in [2.05, 4.69) is 75.9 Å². The first-order valence-corrected chi connectivity index (χ1v) is 19.9. The van der Waals surface area contributed by atoms with E-state index in [1.807, 2.05) is 84.9 Å². The molecular formula is C52H34F3N5. The molecule has 0 bridgehead atoms. The summed E-state index contributed by atoms with van der Waals surface area (Å²) in [6, 6.07) is 53.8. The molecular weight excluding hydrogens is 752 g/mol. The quantitative estimate of drug-likeness (QED) is 0.169. The van der Waals surface area contributed by atoms with E-state index in [1.165, 1.54) is 28.8 Å². The second-order valence-electron chi connectivity index (χ2n) is 15.0. The highest BCUT2D eigenvalue weighted by molar-refractivity contribution is 6.10. The predicted octanol–water partition coefficient (Wildman–Crippen LogP) is 13.6. The van der Waals surface area contributed by atoms with Gasteiger partial charge in [-0.2, -0.15) is 13.2 Å². The first kappa shape index (κ1) is 35.6. The Hall–Kier alpha value is -7.58. The van der Waals surface area contributed by atoms with Crippen LogP contribution < -0.4 is 0 Å². The summed E-state index contributed by atoms with van der Waals surface area (Å²) in [5.41, 5.74) is 8.98. The number of aryl methyl sites for hydroxylation is 1. The summed E-state index contributed by atoms with van der Waals surface area (Å²) >= 11 is 0. The monoisotopic (exact) mass is 785 g/mol. The van der Waals surface area contributed by atoms with Gasteiger partial charge in [0.25, 0.3) is 0 Å². The van der Waals surface area contributed by atoms with Crippen LogP contribution in [0.25, 0.3) is 95.5 Å². The fourth-order valence-corrected chi connectivity index (χ4v) is 8.83. The van der Waals surface area contributed by atoms with E-state index in [9.17, 15) is 13.2 Å². The molecule has 0 amide bonds. The number of halogens is 3. The molecule has 60 heavy (non-hydrogen) atoms. The lowest BCUT2D eigenvalue weighted by Gasteiger charge is -2.18. The molecule has 0 N–H and O–H groups in total. The van der Waals surface area contributed by atoms with Gasteiger partial charge in [0.05, 0.1) is 22.1 Å². The Bertz CT molecular complexity index is 3250. The molecule has 7 aromatic carbocycles. The lowest BCUT2D eigenvalue weighted by atomic mass is 9.94. The van der Waals surface area contributed by atoms with Crippen LogP contribution in [-0.2, 0) is 12.6 Å². The lowest BCUT2D eigenvalue weighted by molar-refractivity contribution is -0.137. The maximum Gasteiger partial charge on any atom is 0.417 e. The molecule has 5 nitrogen and oxygen atoms in total. The predicted molar refractivity (Wildman–Crippen MR) is 235 cm³/mol. The number of nitrogens with zero attached hydrogens (tertiary/aromatic N) is 5.